The van der Waals surface area contributed by atoms with Crippen LogP contribution in [0.15, 0.2) is 23.0 Å². The minimum absolute atomic E-state index is 0.327. The second kappa shape index (κ2) is 4.08. The van der Waals surface area contributed by atoms with Gasteiger partial charge in [0.1, 0.15) is 12.9 Å². The van der Waals surface area contributed by atoms with Crippen LogP contribution in [0.3, 0.4) is 0 Å². The quantitative estimate of drug-likeness (QED) is 0.552. The van der Waals surface area contributed by atoms with E-state index in [1.165, 1.54) is 12.5 Å². The van der Waals surface area contributed by atoms with Crippen LogP contribution in [0.25, 0.3) is 0 Å². The predicted molar refractivity (Wildman–Crippen MR) is 42.8 cm³/mol. The number of rotatable bonds is 3. The zero-order chi connectivity index (χ0) is 8.10. The van der Waals surface area contributed by atoms with Crippen molar-refractivity contribution in [3.8, 4) is 0 Å². The summed E-state index contributed by atoms with van der Waals surface area (Å²) < 4.78 is 9.46. The van der Waals surface area contributed by atoms with Crippen LogP contribution in [0.4, 0.5) is 0 Å². The van der Waals surface area contributed by atoms with Crippen LogP contribution in [0.5, 0.6) is 0 Å². The molecule has 0 fully saturated rings. The minimum Gasteiger partial charge on any atom is -0.472 e. The van der Waals surface area contributed by atoms with Gasteiger partial charge in [0.15, 0.2) is 0 Å². The highest BCUT2D eigenvalue weighted by molar-refractivity contribution is 7.80. The van der Waals surface area contributed by atoms with Crippen LogP contribution in [0.2, 0.25) is 0 Å². The first-order chi connectivity index (χ1) is 5.34. The first kappa shape index (κ1) is 8.20. The zero-order valence-corrected chi connectivity index (χ0v) is 6.71. The van der Waals surface area contributed by atoms with E-state index < -0.39 is 0 Å². The number of carbonyl (C=O) groups is 1. The Morgan fingerprint density at radius 2 is 2.55 bits per heavy atom. The van der Waals surface area contributed by atoms with E-state index in [0.717, 1.165) is 0 Å². The molecular weight excluding hydrogens is 164 g/mol. The molecule has 0 radical (unpaired) electrons. The van der Waals surface area contributed by atoms with E-state index in [-0.39, 0.29) is 5.97 Å². The third-order valence-electron chi connectivity index (χ3n) is 1.08. The average Bonchev–Trinajstić information content (AvgIpc) is 2.52. The van der Waals surface area contributed by atoms with Gasteiger partial charge in [-0.25, -0.2) is 4.79 Å². The van der Waals surface area contributed by atoms with E-state index >= 15 is 0 Å². The van der Waals surface area contributed by atoms with Crippen molar-refractivity contribution in [1.29, 1.82) is 0 Å². The highest BCUT2D eigenvalue weighted by Gasteiger charge is 2.06. The fraction of sp³-hybridized carbons (Fsp3) is 0.286. The number of esters is 1. The average molecular weight is 172 g/mol. The Hall–Kier alpha value is -0.900. The van der Waals surface area contributed by atoms with Crippen molar-refractivity contribution < 1.29 is 13.9 Å². The van der Waals surface area contributed by atoms with Gasteiger partial charge in [0.25, 0.3) is 0 Å². The molecular formula is C7H8O3S. The fourth-order valence-corrected chi connectivity index (χ4v) is 0.694. The molecule has 0 aromatic carbocycles. The van der Waals surface area contributed by atoms with E-state index in [9.17, 15) is 4.79 Å². The van der Waals surface area contributed by atoms with E-state index in [4.69, 9.17) is 9.15 Å². The number of hydrogen-bond donors (Lipinski definition) is 1. The fourth-order valence-electron chi connectivity index (χ4n) is 0.602. The third-order valence-corrected chi connectivity index (χ3v) is 1.26. The predicted octanol–water partition coefficient (Wildman–Crippen LogP) is 1.37. The van der Waals surface area contributed by atoms with Crippen LogP contribution < -0.4 is 0 Å². The molecule has 1 heterocycles. The molecule has 0 bridgehead atoms. The molecule has 1 aromatic rings. The molecule has 0 N–H and O–H groups in total. The normalized spacial score (nSPS) is 9.55. The number of carbonyl (C=O) groups excluding carboxylic acids is 1. The number of thiol groups is 1. The highest BCUT2D eigenvalue weighted by Crippen LogP contribution is 2.01. The van der Waals surface area contributed by atoms with Crippen molar-refractivity contribution in [2.75, 3.05) is 12.4 Å². The molecule has 1 rings (SSSR count). The van der Waals surface area contributed by atoms with Crippen LogP contribution in [-0.2, 0) is 4.74 Å². The maximum Gasteiger partial charge on any atom is 0.341 e. The molecule has 0 amide bonds. The summed E-state index contributed by atoms with van der Waals surface area (Å²) in [5.41, 5.74) is 0.437. The minimum atomic E-state index is -0.368. The molecule has 3 nitrogen and oxygen atoms in total. The molecule has 11 heavy (non-hydrogen) atoms. The zero-order valence-electron chi connectivity index (χ0n) is 5.82. The third kappa shape index (κ3) is 2.31. The van der Waals surface area contributed by atoms with Gasteiger partial charge >= 0.3 is 5.97 Å². The monoisotopic (exact) mass is 172 g/mol. The van der Waals surface area contributed by atoms with Gasteiger partial charge in [-0.2, -0.15) is 12.6 Å². The molecule has 1 aromatic heterocycles. The molecule has 0 saturated heterocycles. The Balaban J connectivity index is 2.43. The van der Waals surface area contributed by atoms with Crippen molar-refractivity contribution in [1.82, 2.24) is 0 Å². The van der Waals surface area contributed by atoms with Crippen molar-refractivity contribution in [2.24, 2.45) is 0 Å². The van der Waals surface area contributed by atoms with E-state index in [0.29, 0.717) is 17.9 Å². The Kier molecular flexibility index (Phi) is 3.04. The summed E-state index contributed by atoms with van der Waals surface area (Å²) in [5.74, 6) is 0.164. The Labute approximate surface area is 69.8 Å². The summed E-state index contributed by atoms with van der Waals surface area (Å²) in [4.78, 5) is 10.9. The molecule has 0 aliphatic rings. The second-order valence-electron chi connectivity index (χ2n) is 1.87. The summed E-state index contributed by atoms with van der Waals surface area (Å²) in [6.07, 6.45) is 2.78. The molecule has 4 heteroatoms. The molecule has 60 valence electrons. The van der Waals surface area contributed by atoms with Gasteiger partial charge in [0.05, 0.1) is 11.8 Å². The summed E-state index contributed by atoms with van der Waals surface area (Å²) in [7, 11) is 0. The van der Waals surface area contributed by atoms with Gasteiger partial charge in [0.2, 0.25) is 0 Å². The van der Waals surface area contributed by atoms with Gasteiger partial charge in [-0.15, -0.1) is 0 Å². The SMILES string of the molecule is O=C(OCCS)c1ccoc1. The highest BCUT2D eigenvalue weighted by atomic mass is 32.1. The largest absolute Gasteiger partial charge is 0.472 e. The number of hydrogen-bond acceptors (Lipinski definition) is 4. The molecule has 0 spiro atoms. The molecule has 0 unspecified atom stereocenters. The summed E-state index contributed by atoms with van der Waals surface area (Å²) in [6, 6.07) is 1.56. The van der Waals surface area contributed by atoms with E-state index in [2.05, 4.69) is 12.6 Å². The van der Waals surface area contributed by atoms with Gasteiger partial charge < -0.3 is 9.15 Å². The lowest BCUT2D eigenvalue weighted by atomic mass is 10.3. The Morgan fingerprint density at radius 1 is 1.73 bits per heavy atom. The van der Waals surface area contributed by atoms with Gasteiger partial charge in [-0.1, -0.05) is 0 Å². The molecule has 0 aliphatic carbocycles. The lowest BCUT2D eigenvalue weighted by molar-refractivity contribution is 0.0530. The molecule has 0 atom stereocenters. The maximum absolute atomic E-state index is 10.9. The summed E-state index contributed by atoms with van der Waals surface area (Å²) in [6.45, 7) is 0.327. The van der Waals surface area contributed by atoms with Crippen LogP contribution in [-0.4, -0.2) is 18.3 Å². The van der Waals surface area contributed by atoms with Crippen molar-refractivity contribution in [3.05, 3.63) is 24.2 Å². The summed E-state index contributed by atoms with van der Waals surface area (Å²) >= 11 is 3.89. The van der Waals surface area contributed by atoms with Gasteiger partial charge in [0, 0.05) is 5.75 Å². The topological polar surface area (TPSA) is 39.4 Å². The first-order valence-electron chi connectivity index (χ1n) is 3.15. The van der Waals surface area contributed by atoms with Crippen molar-refractivity contribution >= 4 is 18.6 Å². The first-order valence-corrected chi connectivity index (χ1v) is 3.78. The van der Waals surface area contributed by atoms with Gasteiger partial charge in [-0.3, -0.25) is 0 Å². The van der Waals surface area contributed by atoms with Crippen LogP contribution in [0.1, 0.15) is 10.4 Å². The van der Waals surface area contributed by atoms with Crippen molar-refractivity contribution in [2.45, 2.75) is 0 Å². The molecule has 0 saturated carbocycles. The van der Waals surface area contributed by atoms with Gasteiger partial charge in [-0.05, 0) is 6.07 Å². The van der Waals surface area contributed by atoms with Crippen LogP contribution in [0, 0.1) is 0 Å². The summed E-state index contributed by atoms with van der Waals surface area (Å²) in [5, 5.41) is 0. The molecule has 0 aliphatic heterocycles. The Bertz CT molecular complexity index is 218. The Morgan fingerprint density at radius 3 is 3.09 bits per heavy atom. The maximum atomic E-state index is 10.9. The lowest BCUT2D eigenvalue weighted by Gasteiger charge is -1.97. The number of ether oxygens (including phenoxy) is 1. The van der Waals surface area contributed by atoms with Crippen molar-refractivity contribution in [3.63, 3.8) is 0 Å². The standard InChI is InChI=1S/C7H8O3S/c8-7(10-3-4-11)6-1-2-9-5-6/h1-2,5,11H,3-4H2. The lowest BCUT2D eigenvalue weighted by Crippen LogP contribution is -2.05. The smallest absolute Gasteiger partial charge is 0.341 e. The van der Waals surface area contributed by atoms with E-state index in [1.807, 2.05) is 0 Å². The van der Waals surface area contributed by atoms with E-state index in [1.54, 1.807) is 6.07 Å². The second-order valence-corrected chi connectivity index (χ2v) is 2.32. The van der Waals surface area contributed by atoms with Crippen LogP contribution >= 0.6 is 12.6 Å². The number of furan rings is 1.